The summed E-state index contributed by atoms with van der Waals surface area (Å²) in [4.78, 5) is 4.81. The molecule has 1 aromatic heterocycles. The van der Waals surface area contributed by atoms with Crippen LogP contribution in [0.15, 0.2) is 18.2 Å². The van der Waals surface area contributed by atoms with Crippen molar-refractivity contribution in [3.63, 3.8) is 0 Å². The fraction of sp³-hybridized carbons (Fsp3) is 0.562. The molecule has 1 aromatic carbocycles. The smallest absolute Gasteiger partial charge is 0.111 e. The van der Waals surface area contributed by atoms with Crippen LogP contribution in [0.1, 0.15) is 44.9 Å². The Morgan fingerprint density at radius 1 is 1.35 bits per heavy atom. The van der Waals surface area contributed by atoms with Gasteiger partial charge in [0.2, 0.25) is 0 Å². The Morgan fingerprint density at radius 2 is 2.10 bits per heavy atom. The first kappa shape index (κ1) is 13.9. The van der Waals surface area contributed by atoms with Gasteiger partial charge in [0.15, 0.2) is 0 Å². The number of hydrogen-bond donors (Lipinski definition) is 1. The van der Waals surface area contributed by atoms with Gasteiger partial charge in [-0.15, -0.1) is 0 Å². The minimum absolute atomic E-state index is 0.0589. The highest BCUT2D eigenvalue weighted by Gasteiger charge is 2.31. The molecular weight excluding hydrogens is 270 g/mol. The van der Waals surface area contributed by atoms with Crippen LogP contribution in [0.3, 0.4) is 0 Å². The number of aromatic nitrogens is 2. The number of nitrogens with zero attached hydrogens (tertiary/aromatic N) is 2. The lowest BCUT2D eigenvalue weighted by atomic mass is 9.94. The van der Waals surface area contributed by atoms with Gasteiger partial charge in [0.25, 0.3) is 0 Å². The molecule has 1 aliphatic carbocycles. The highest BCUT2D eigenvalue weighted by molar-refractivity contribution is 6.31. The molecule has 108 valence electrons. The Balaban J connectivity index is 2.02. The number of hydrogen-bond acceptors (Lipinski definition) is 2. The van der Waals surface area contributed by atoms with Crippen molar-refractivity contribution < 1.29 is 0 Å². The van der Waals surface area contributed by atoms with Crippen molar-refractivity contribution in [3.8, 4) is 0 Å². The van der Waals surface area contributed by atoms with E-state index in [1.165, 1.54) is 12.8 Å². The van der Waals surface area contributed by atoms with Crippen molar-refractivity contribution in [2.45, 2.75) is 57.5 Å². The van der Waals surface area contributed by atoms with E-state index in [0.29, 0.717) is 0 Å². The van der Waals surface area contributed by atoms with Crippen LogP contribution in [0.25, 0.3) is 11.0 Å². The van der Waals surface area contributed by atoms with Gasteiger partial charge < -0.3 is 10.3 Å². The van der Waals surface area contributed by atoms with E-state index in [1.54, 1.807) is 0 Å². The van der Waals surface area contributed by atoms with E-state index in [4.69, 9.17) is 22.3 Å². The highest BCUT2D eigenvalue weighted by Crippen LogP contribution is 2.31. The molecule has 0 spiro atoms. The first-order valence-electron chi connectivity index (χ1n) is 7.55. The summed E-state index contributed by atoms with van der Waals surface area (Å²) in [6.45, 7) is 3.16. The standard InChI is InChI=1S/C16H22ClN3/c1-2-9-20-14-10-12(17)5-6-13(14)19-15(20)11-16(18)7-3-4-8-16/h5-6,10H,2-4,7-9,11,18H2,1H3. The number of rotatable bonds is 4. The fourth-order valence-corrected chi connectivity index (χ4v) is 3.49. The van der Waals surface area contributed by atoms with Crippen molar-refractivity contribution in [2.75, 3.05) is 0 Å². The van der Waals surface area contributed by atoms with Crippen molar-refractivity contribution in [3.05, 3.63) is 29.0 Å². The minimum atomic E-state index is -0.0589. The van der Waals surface area contributed by atoms with Gasteiger partial charge in [0, 0.05) is 23.5 Å². The monoisotopic (exact) mass is 291 g/mol. The molecular formula is C16H22ClN3. The van der Waals surface area contributed by atoms with Gasteiger partial charge >= 0.3 is 0 Å². The van der Waals surface area contributed by atoms with Gasteiger partial charge in [0.1, 0.15) is 5.82 Å². The molecule has 3 rings (SSSR count). The number of nitrogens with two attached hydrogens (primary N) is 1. The molecule has 0 saturated heterocycles. The summed E-state index contributed by atoms with van der Waals surface area (Å²) >= 11 is 6.13. The largest absolute Gasteiger partial charge is 0.328 e. The van der Waals surface area contributed by atoms with Crippen LogP contribution in [0.2, 0.25) is 5.02 Å². The average Bonchev–Trinajstić information content (AvgIpc) is 2.96. The van der Waals surface area contributed by atoms with Crippen LogP contribution in [-0.4, -0.2) is 15.1 Å². The van der Waals surface area contributed by atoms with Gasteiger partial charge in [-0.2, -0.15) is 0 Å². The fourth-order valence-electron chi connectivity index (χ4n) is 3.32. The molecule has 1 fully saturated rings. The highest BCUT2D eigenvalue weighted by atomic mass is 35.5. The van der Waals surface area contributed by atoms with Gasteiger partial charge in [0.05, 0.1) is 11.0 Å². The third-order valence-corrected chi connectivity index (χ3v) is 4.58. The Hall–Kier alpha value is -1.06. The molecule has 0 aliphatic heterocycles. The molecule has 2 aromatic rings. The number of fused-ring (bicyclic) bond motifs is 1. The first-order chi connectivity index (χ1) is 9.61. The quantitative estimate of drug-likeness (QED) is 0.928. The normalized spacial score (nSPS) is 17.9. The van der Waals surface area contributed by atoms with Crippen LogP contribution in [-0.2, 0) is 13.0 Å². The summed E-state index contributed by atoms with van der Waals surface area (Å²) in [5, 5.41) is 0.768. The maximum atomic E-state index is 6.53. The average molecular weight is 292 g/mol. The zero-order chi connectivity index (χ0) is 14.2. The molecule has 0 bridgehead atoms. The van der Waals surface area contributed by atoms with Crippen LogP contribution in [0.4, 0.5) is 0 Å². The maximum absolute atomic E-state index is 6.53. The molecule has 0 radical (unpaired) electrons. The molecule has 1 aliphatic rings. The lowest BCUT2D eigenvalue weighted by Crippen LogP contribution is -2.39. The van der Waals surface area contributed by atoms with E-state index in [1.807, 2.05) is 18.2 Å². The zero-order valence-corrected chi connectivity index (χ0v) is 12.8. The second-order valence-electron chi connectivity index (χ2n) is 6.06. The zero-order valence-electron chi connectivity index (χ0n) is 12.0. The molecule has 3 nitrogen and oxygen atoms in total. The van der Waals surface area contributed by atoms with E-state index < -0.39 is 0 Å². The first-order valence-corrected chi connectivity index (χ1v) is 7.93. The number of imidazole rings is 1. The van der Waals surface area contributed by atoms with Gasteiger partial charge in [-0.3, -0.25) is 0 Å². The lowest BCUT2D eigenvalue weighted by molar-refractivity contribution is 0.418. The van der Waals surface area contributed by atoms with E-state index in [0.717, 1.165) is 54.1 Å². The van der Waals surface area contributed by atoms with Crippen LogP contribution < -0.4 is 5.73 Å². The third kappa shape index (κ3) is 2.57. The molecule has 1 saturated carbocycles. The van der Waals surface area contributed by atoms with Crippen molar-refractivity contribution >= 4 is 22.6 Å². The predicted octanol–water partition coefficient (Wildman–Crippen LogP) is 3.91. The Kier molecular flexibility index (Phi) is 3.74. The van der Waals surface area contributed by atoms with E-state index in [-0.39, 0.29) is 5.54 Å². The predicted molar refractivity (Wildman–Crippen MR) is 84.1 cm³/mol. The van der Waals surface area contributed by atoms with Crippen molar-refractivity contribution in [1.82, 2.24) is 9.55 Å². The summed E-state index contributed by atoms with van der Waals surface area (Å²) < 4.78 is 2.30. The summed E-state index contributed by atoms with van der Waals surface area (Å²) in [6, 6.07) is 5.93. The van der Waals surface area contributed by atoms with Crippen molar-refractivity contribution in [2.24, 2.45) is 5.73 Å². The molecule has 20 heavy (non-hydrogen) atoms. The maximum Gasteiger partial charge on any atom is 0.111 e. The minimum Gasteiger partial charge on any atom is -0.328 e. The molecule has 4 heteroatoms. The van der Waals surface area contributed by atoms with Crippen molar-refractivity contribution in [1.29, 1.82) is 0 Å². The summed E-state index contributed by atoms with van der Waals surface area (Å²) in [5.41, 5.74) is 8.63. The van der Waals surface area contributed by atoms with Gasteiger partial charge in [-0.1, -0.05) is 31.4 Å². The van der Waals surface area contributed by atoms with E-state index in [2.05, 4.69) is 11.5 Å². The summed E-state index contributed by atoms with van der Waals surface area (Å²) in [7, 11) is 0. The van der Waals surface area contributed by atoms with E-state index >= 15 is 0 Å². The second-order valence-corrected chi connectivity index (χ2v) is 6.50. The molecule has 2 N–H and O–H groups in total. The number of halogens is 1. The van der Waals surface area contributed by atoms with Crippen LogP contribution in [0, 0.1) is 0 Å². The molecule has 0 unspecified atom stereocenters. The summed E-state index contributed by atoms with van der Waals surface area (Å²) in [6.07, 6.45) is 6.68. The number of benzene rings is 1. The molecule has 0 atom stereocenters. The van der Waals surface area contributed by atoms with Crippen LogP contribution >= 0.6 is 11.6 Å². The SMILES string of the molecule is CCCn1c(CC2(N)CCCC2)nc2ccc(Cl)cc21. The Labute approximate surface area is 125 Å². The number of aryl methyl sites for hydroxylation is 1. The Morgan fingerprint density at radius 3 is 2.80 bits per heavy atom. The molecule has 0 amide bonds. The summed E-state index contributed by atoms with van der Waals surface area (Å²) in [5.74, 6) is 1.12. The molecule has 1 heterocycles. The Bertz CT molecular complexity index is 611. The third-order valence-electron chi connectivity index (χ3n) is 4.35. The van der Waals surface area contributed by atoms with E-state index in [9.17, 15) is 0 Å². The van der Waals surface area contributed by atoms with Crippen LogP contribution in [0.5, 0.6) is 0 Å². The second kappa shape index (κ2) is 5.38. The van der Waals surface area contributed by atoms with Gasteiger partial charge in [-0.25, -0.2) is 4.98 Å². The van der Waals surface area contributed by atoms with Gasteiger partial charge in [-0.05, 0) is 37.5 Å². The topological polar surface area (TPSA) is 43.8 Å². The lowest BCUT2D eigenvalue weighted by Gasteiger charge is -2.23.